The van der Waals surface area contributed by atoms with Gasteiger partial charge in [-0.15, -0.1) is 11.8 Å². The molecular formula is C11H22N2S. The molecule has 0 aliphatic carbocycles. The normalized spacial score (nSPS) is 32.6. The van der Waals surface area contributed by atoms with Crippen molar-refractivity contribution in [3.8, 4) is 0 Å². The topological polar surface area (TPSA) is 15.3 Å². The van der Waals surface area contributed by atoms with E-state index in [0.29, 0.717) is 4.87 Å². The molecule has 0 saturated carbocycles. The maximum absolute atomic E-state index is 3.72. The minimum Gasteiger partial charge on any atom is -0.303 e. The number of thioether (sulfide) groups is 1. The van der Waals surface area contributed by atoms with Gasteiger partial charge in [0, 0.05) is 24.9 Å². The standard InChI is InChI=1S/C11H22N2S/c1-3-6-13-7-4-11(5-8-13)12-9-10(2)14-11/h10,12H,3-9H2,1-2H3. The number of hydrogen-bond donors (Lipinski definition) is 1. The molecule has 0 aromatic carbocycles. The summed E-state index contributed by atoms with van der Waals surface area (Å²) in [6, 6.07) is 0. The van der Waals surface area contributed by atoms with E-state index in [4.69, 9.17) is 0 Å². The van der Waals surface area contributed by atoms with Crippen LogP contribution in [0.2, 0.25) is 0 Å². The van der Waals surface area contributed by atoms with Gasteiger partial charge in [0.15, 0.2) is 0 Å². The lowest BCUT2D eigenvalue weighted by Gasteiger charge is -2.38. The highest BCUT2D eigenvalue weighted by molar-refractivity contribution is 8.01. The Balaban J connectivity index is 1.83. The van der Waals surface area contributed by atoms with Crippen molar-refractivity contribution in [3.05, 3.63) is 0 Å². The average molecular weight is 214 g/mol. The van der Waals surface area contributed by atoms with Crippen LogP contribution in [0.15, 0.2) is 0 Å². The van der Waals surface area contributed by atoms with Gasteiger partial charge in [-0.25, -0.2) is 0 Å². The fourth-order valence-electron chi connectivity index (χ4n) is 2.55. The number of likely N-dealkylation sites (tertiary alicyclic amines) is 1. The van der Waals surface area contributed by atoms with Crippen molar-refractivity contribution in [2.24, 2.45) is 0 Å². The van der Waals surface area contributed by atoms with Gasteiger partial charge < -0.3 is 10.2 Å². The number of nitrogens with zero attached hydrogens (tertiary/aromatic N) is 1. The van der Waals surface area contributed by atoms with E-state index >= 15 is 0 Å². The molecule has 0 aromatic rings. The average Bonchev–Trinajstić information content (AvgIpc) is 2.53. The van der Waals surface area contributed by atoms with Gasteiger partial charge in [0.2, 0.25) is 0 Å². The lowest BCUT2D eigenvalue weighted by atomic mass is 10.0. The highest BCUT2D eigenvalue weighted by atomic mass is 32.2. The molecule has 0 radical (unpaired) electrons. The van der Waals surface area contributed by atoms with Crippen LogP contribution in [0, 0.1) is 0 Å². The lowest BCUT2D eigenvalue weighted by Crippen LogP contribution is -2.48. The number of piperidine rings is 1. The fourth-order valence-corrected chi connectivity index (χ4v) is 4.07. The molecule has 1 spiro atoms. The van der Waals surface area contributed by atoms with Crippen LogP contribution in [0.1, 0.15) is 33.1 Å². The molecule has 2 fully saturated rings. The molecule has 2 saturated heterocycles. The highest BCUT2D eigenvalue weighted by Gasteiger charge is 2.39. The zero-order valence-corrected chi connectivity index (χ0v) is 10.2. The molecule has 2 aliphatic rings. The number of hydrogen-bond acceptors (Lipinski definition) is 3. The van der Waals surface area contributed by atoms with E-state index < -0.39 is 0 Å². The monoisotopic (exact) mass is 214 g/mol. The van der Waals surface area contributed by atoms with Gasteiger partial charge in [-0.1, -0.05) is 13.8 Å². The largest absolute Gasteiger partial charge is 0.303 e. The Morgan fingerprint density at radius 3 is 2.64 bits per heavy atom. The summed E-state index contributed by atoms with van der Waals surface area (Å²) in [5, 5.41) is 4.53. The first kappa shape index (κ1) is 10.8. The fraction of sp³-hybridized carbons (Fsp3) is 1.00. The van der Waals surface area contributed by atoms with Crippen LogP contribution in [0.5, 0.6) is 0 Å². The van der Waals surface area contributed by atoms with Crippen LogP contribution in [-0.4, -0.2) is 41.2 Å². The molecule has 82 valence electrons. The first-order valence-corrected chi connectivity index (χ1v) is 6.77. The quantitative estimate of drug-likeness (QED) is 0.756. The zero-order chi connectivity index (χ0) is 10.0. The summed E-state index contributed by atoms with van der Waals surface area (Å²) in [7, 11) is 0. The van der Waals surface area contributed by atoms with Gasteiger partial charge >= 0.3 is 0 Å². The van der Waals surface area contributed by atoms with Crippen LogP contribution in [0.25, 0.3) is 0 Å². The molecule has 2 rings (SSSR count). The molecule has 0 amide bonds. The molecule has 14 heavy (non-hydrogen) atoms. The van der Waals surface area contributed by atoms with Crippen molar-refractivity contribution in [2.45, 2.75) is 43.2 Å². The third-order valence-electron chi connectivity index (χ3n) is 3.34. The van der Waals surface area contributed by atoms with Crippen molar-refractivity contribution in [3.63, 3.8) is 0 Å². The Bertz CT molecular complexity index is 188. The Morgan fingerprint density at radius 2 is 2.14 bits per heavy atom. The lowest BCUT2D eigenvalue weighted by molar-refractivity contribution is 0.189. The van der Waals surface area contributed by atoms with Crippen molar-refractivity contribution < 1.29 is 0 Å². The van der Waals surface area contributed by atoms with E-state index in [9.17, 15) is 0 Å². The Kier molecular flexibility index (Phi) is 3.40. The second-order valence-electron chi connectivity index (χ2n) is 4.65. The molecule has 2 heterocycles. The molecule has 2 nitrogen and oxygen atoms in total. The van der Waals surface area contributed by atoms with Gasteiger partial charge in [0.05, 0.1) is 4.87 Å². The summed E-state index contributed by atoms with van der Waals surface area (Å²) in [4.78, 5) is 3.06. The van der Waals surface area contributed by atoms with Gasteiger partial charge in [-0.2, -0.15) is 0 Å². The molecule has 1 N–H and O–H groups in total. The Hall–Kier alpha value is 0.270. The maximum atomic E-state index is 3.72. The van der Waals surface area contributed by atoms with Gasteiger partial charge in [0.25, 0.3) is 0 Å². The van der Waals surface area contributed by atoms with E-state index in [-0.39, 0.29) is 0 Å². The van der Waals surface area contributed by atoms with Crippen molar-refractivity contribution in [2.75, 3.05) is 26.2 Å². The molecular weight excluding hydrogens is 192 g/mol. The summed E-state index contributed by atoms with van der Waals surface area (Å²) < 4.78 is 0. The molecule has 1 atom stereocenters. The second kappa shape index (κ2) is 4.42. The summed E-state index contributed by atoms with van der Waals surface area (Å²) in [5.74, 6) is 0. The predicted octanol–water partition coefficient (Wildman–Crippen LogP) is 1.91. The van der Waals surface area contributed by atoms with E-state index in [2.05, 4.69) is 35.8 Å². The van der Waals surface area contributed by atoms with Crippen molar-refractivity contribution in [1.29, 1.82) is 0 Å². The molecule has 1 unspecified atom stereocenters. The minimum absolute atomic E-state index is 0.448. The summed E-state index contributed by atoms with van der Waals surface area (Å²) in [5.41, 5.74) is 0. The Morgan fingerprint density at radius 1 is 1.43 bits per heavy atom. The van der Waals surface area contributed by atoms with Crippen LogP contribution in [-0.2, 0) is 0 Å². The molecule has 2 aliphatic heterocycles. The third kappa shape index (κ3) is 2.26. The van der Waals surface area contributed by atoms with Gasteiger partial charge in [0.1, 0.15) is 0 Å². The van der Waals surface area contributed by atoms with E-state index in [0.717, 1.165) is 5.25 Å². The summed E-state index contributed by atoms with van der Waals surface area (Å²) >= 11 is 2.17. The van der Waals surface area contributed by atoms with Crippen LogP contribution in [0.4, 0.5) is 0 Å². The molecule has 3 heteroatoms. The van der Waals surface area contributed by atoms with E-state index in [1.165, 1.54) is 45.4 Å². The summed E-state index contributed by atoms with van der Waals surface area (Å²) in [6.45, 7) is 9.69. The van der Waals surface area contributed by atoms with Crippen molar-refractivity contribution >= 4 is 11.8 Å². The second-order valence-corrected chi connectivity index (χ2v) is 6.47. The Labute approximate surface area is 91.8 Å². The zero-order valence-electron chi connectivity index (χ0n) is 9.38. The van der Waals surface area contributed by atoms with Crippen LogP contribution >= 0.6 is 11.8 Å². The number of rotatable bonds is 2. The molecule has 0 bridgehead atoms. The SMILES string of the molecule is CCCN1CCC2(CC1)NCC(C)S2. The van der Waals surface area contributed by atoms with Gasteiger partial charge in [-0.05, 0) is 25.8 Å². The van der Waals surface area contributed by atoms with Gasteiger partial charge in [-0.3, -0.25) is 0 Å². The first-order chi connectivity index (χ1) is 6.74. The van der Waals surface area contributed by atoms with E-state index in [1.807, 2.05) is 0 Å². The molecule has 0 aromatic heterocycles. The predicted molar refractivity (Wildman–Crippen MR) is 63.8 cm³/mol. The number of nitrogens with one attached hydrogen (secondary N) is 1. The minimum atomic E-state index is 0.448. The van der Waals surface area contributed by atoms with Crippen molar-refractivity contribution in [1.82, 2.24) is 10.2 Å². The van der Waals surface area contributed by atoms with Crippen LogP contribution in [0.3, 0.4) is 0 Å². The summed E-state index contributed by atoms with van der Waals surface area (Å²) in [6.07, 6.45) is 3.97. The highest BCUT2D eigenvalue weighted by Crippen LogP contribution is 2.40. The third-order valence-corrected chi connectivity index (χ3v) is 4.91. The smallest absolute Gasteiger partial charge is 0.0673 e. The first-order valence-electron chi connectivity index (χ1n) is 5.89. The maximum Gasteiger partial charge on any atom is 0.0673 e. The van der Waals surface area contributed by atoms with E-state index in [1.54, 1.807) is 0 Å². The van der Waals surface area contributed by atoms with Crippen LogP contribution < -0.4 is 5.32 Å².